The third-order valence-electron chi connectivity index (χ3n) is 10.2. The van der Waals surface area contributed by atoms with Crippen LogP contribution in [0, 0.1) is 17.2 Å². The van der Waals surface area contributed by atoms with Gasteiger partial charge in [0.25, 0.3) is 5.91 Å². The van der Waals surface area contributed by atoms with Crippen LogP contribution >= 0.6 is 0 Å². The Morgan fingerprint density at radius 3 is 2.30 bits per heavy atom. The summed E-state index contributed by atoms with van der Waals surface area (Å²) >= 11 is 0. The van der Waals surface area contributed by atoms with Crippen LogP contribution in [-0.4, -0.2) is 74.2 Å². The molecule has 3 atom stereocenters. The van der Waals surface area contributed by atoms with Crippen LogP contribution in [0.1, 0.15) is 108 Å². The molecule has 11 nitrogen and oxygen atoms in total. The highest BCUT2D eigenvalue weighted by Gasteiger charge is 2.43. The molecule has 2 aliphatic rings. The molecule has 2 aromatic rings. The van der Waals surface area contributed by atoms with Crippen LogP contribution in [0.2, 0.25) is 0 Å². The van der Waals surface area contributed by atoms with Crippen LogP contribution < -0.4 is 16.0 Å². The summed E-state index contributed by atoms with van der Waals surface area (Å²) in [7, 11) is 0. The average Bonchev–Trinajstić information content (AvgIpc) is 3.53. The summed E-state index contributed by atoms with van der Waals surface area (Å²) in [5.74, 6) is -2.29. The number of benzene rings is 1. The zero-order valence-corrected chi connectivity index (χ0v) is 28.6. The third-order valence-corrected chi connectivity index (χ3v) is 10.2. The summed E-state index contributed by atoms with van der Waals surface area (Å²) in [5, 5.41) is 23.0. The SMILES string of the molecule is CCC(=O)N[C@@H](C(=O)N1CCC(C)(O)CC1)[C@@H](C)c1ccc(NC(=O)[C@@H](NC(=O)c2ccnn2CC)[C@]2(C)CC[C@H](C)CC2)c(F)c1. The Labute approximate surface area is 277 Å². The Hall–Kier alpha value is -3.80. The zero-order valence-electron chi connectivity index (χ0n) is 28.6. The van der Waals surface area contributed by atoms with Crippen LogP contribution in [0.25, 0.3) is 0 Å². The number of carbonyl (C=O) groups is 4. The van der Waals surface area contributed by atoms with Gasteiger partial charge in [0.1, 0.15) is 23.6 Å². The van der Waals surface area contributed by atoms with E-state index in [1.807, 2.05) is 13.8 Å². The number of rotatable bonds is 11. The summed E-state index contributed by atoms with van der Waals surface area (Å²) in [6.07, 6.45) is 5.85. The average molecular weight is 655 g/mol. The number of piperidine rings is 1. The fraction of sp³-hybridized carbons (Fsp3) is 0.629. The molecule has 12 heteroatoms. The largest absolute Gasteiger partial charge is 0.390 e. The van der Waals surface area contributed by atoms with Gasteiger partial charge in [-0.15, -0.1) is 0 Å². The molecule has 1 aromatic heterocycles. The topological polar surface area (TPSA) is 146 Å². The van der Waals surface area contributed by atoms with E-state index >= 15 is 4.39 Å². The van der Waals surface area contributed by atoms with E-state index in [1.54, 1.807) is 48.7 Å². The summed E-state index contributed by atoms with van der Waals surface area (Å²) in [4.78, 5) is 54.9. The summed E-state index contributed by atoms with van der Waals surface area (Å²) < 4.78 is 17.3. The van der Waals surface area contributed by atoms with Gasteiger partial charge < -0.3 is 26.0 Å². The van der Waals surface area contributed by atoms with Crippen molar-refractivity contribution in [2.45, 2.75) is 117 Å². The van der Waals surface area contributed by atoms with Gasteiger partial charge in [0, 0.05) is 38.2 Å². The second-order valence-corrected chi connectivity index (χ2v) is 14.0. The smallest absolute Gasteiger partial charge is 0.270 e. The molecule has 1 saturated carbocycles. The summed E-state index contributed by atoms with van der Waals surface area (Å²) in [6, 6.07) is 4.12. The van der Waals surface area contributed by atoms with Gasteiger partial charge in [-0.1, -0.05) is 46.6 Å². The van der Waals surface area contributed by atoms with Crippen molar-refractivity contribution in [3.8, 4) is 0 Å². The number of hydrogen-bond acceptors (Lipinski definition) is 6. The van der Waals surface area contributed by atoms with Crippen molar-refractivity contribution in [2.75, 3.05) is 18.4 Å². The molecular weight excluding hydrogens is 603 g/mol. The second-order valence-electron chi connectivity index (χ2n) is 14.0. The quantitative estimate of drug-likeness (QED) is 0.283. The number of hydrogen-bond donors (Lipinski definition) is 4. The molecule has 0 unspecified atom stereocenters. The number of carbonyl (C=O) groups excluding carboxylic acids is 4. The molecule has 0 spiro atoms. The van der Waals surface area contributed by atoms with Gasteiger partial charge >= 0.3 is 0 Å². The van der Waals surface area contributed by atoms with E-state index in [1.165, 1.54) is 12.1 Å². The van der Waals surface area contributed by atoms with E-state index < -0.39 is 46.6 Å². The molecule has 4 rings (SSSR count). The standard InChI is InChI=1S/C35H51FN6O5/c1-7-28(43)39-29(33(46)41-19-16-35(6,47)17-20-41)23(4)24-9-10-26(25(36)21-24)38-32(45)30(34(5)14-11-22(3)12-15-34)40-31(44)27-13-18-37-42(27)8-2/h9-10,13,18,21-23,29-30,47H,7-8,11-12,14-17,19-20H2,1-6H3,(H,38,45)(H,39,43)(H,40,44)/t22-,23-,29+,30+,34+/m0/s1. The number of anilines is 1. The van der Waals surface area contributed by atoms with Gasteiger partial charge in [-0.2, -0.15) is 5.10 Å². The summed E-state index contributed by atoms with van der Waals surface area (Å²) in [6.45, 7) is 12.4. The fourth-order valence-electron chi connectivity index (χ4n) is 6.64. The van der Waals surface area contributed by atoms with E-state index in [4.69, 9.17) is 0 Å². The minimum absolute atomic E-state index is 0.0460. The van der Waals surface area contributed by atoms with E-state index in [0.29, 0.717) is 49.7 Å². The van der Waals surface area contributed by atoms with E-state index in [-0.39, 0.29) is 23.9 Å². The van der Waals surface area contributed by atoms with Crippen molar-refractivity contribution in [3.05, 3.63) is 47.5 Å². The number of nitrogens with one attached hydrogen (secondary N) is 3. The molecule has 1 saturated heterocycles. The molecule has 0 radical (unpaired) electrons. The number of aromatic nitrogens is 2. The highest BCUT2D eigenvalue weighted by atomic mass is 19.1. The monoisotopic (exact) mass is 654 g/mol. The first-order valence-corrected chi connectivity index (χ1v) is 16.9. The van der Waals surface area contributed by atoms with E-state index in [9.17, 15) is 24.3 Å². The Bertz CT molecular complexity index is 1440. The molecule has 1 aliphatic heterocycles. The lowest BCUT2D eigenvalue weighted by molar-refractivity contribution is -0.140. The van der Waals surface area contributed by atoms with Crippen molar-refractivity contribution in [1.82, 2.24) is 25.3 Å². The van der Waals surface area contributed by atoms with Gasteiger partial charge in [0.15, 0.2) is 0 Å². The van der Waals surface area contributed by atoms with Gasteiger partial charge in [-0.05, 0) is 74.6 Å². The molecule has 4 amide bonds. The predicted molar refractivity (Wildman–Crippen MR) is 177 cm³/mol. The van der Waals surface area contributed by atoms with Crippen LogP contribution in [-0.2, 0) is 20.9 Å². The van der Waals surface area contributed by atoms with Gasteiger partial charge in [0.2, 0.25) is 17.7 Å². The molecule has 2 fully saturated rings. The molecule has 4 N–H and O–H groups in total. The number of likely N-dealkylation sites (tertiary alicyclic amines) is 1. The normalized spacial score (nSPS) is 22.9. The van der Waals surface area contributed by atoms with E-state index in [0.717, 1.165) is 25.7 Å². The van der Waals surface area contributed by atoms with Crippen LogP contribution in [0.4, 0.5) is 10.1 Å². The number of halogens is 1. The lowest BCUT2D eigenvalue weighted by Gasteiger charge is -2.41. The lowest BCUT2D eigenvalue weighted by Crippen LogP contribution is -2.55. The molecule has 47 heavy (non-hydrogen) atoms. The Morgan fingerprint density at radius 1 is 1.04 bits per heavy atom. The van der Waals surface area contributed by atoms with Crippen molar-refractivity contribution in [1.29, 1.82) is 0 Å². The number of aliphatic hydroxyl groups is 1. The minimum atomic E-state index is -0.935. The van der Waals surface area contributed by atoms with Crippen LogP contribution in [0.15, 0.2) is 30.5 Å². The molecule has 258 valence electrons. The first-order chi connectivity index (χ1) is 22.2. The highest BCUT2D eigenvalue weighted by molar-refractivity contribution is 6.01. The van der Waals surface area contributed by atoms with Gasteiger partial charge in [-0.3, -0.25) is 23.9 Å². The Balaban J connectivity index is 1.55. The van der Waals surface area contributed by atoms with Crippen molar-refractivity contribution in [3.63, 3.8) is 0 Å². The number of aryl methyl sites for hydroxylation is 1. The third kappa shape index (κ3) is 8.57. The zero-order chi connectivity index (χ0) is 34.5. The number of nitrogens with zero attached hydrogens (tertiary/aromatic N) is 3. The fourth-order valence-corrected chi connectivity index (χ4v) is 6.64. The first-order valence-electron chi connectivity index (χ1n) is 16.9. The maximum Gasteiger partial charge on any atom is 0.270 e. The minimum Gasteiger partial charge on any atom is -0.390 e. The molecule has 1 aliphatic carbocycles. The van der Waals surface area contributed by atoms with Gasteiger partial charge in [-0.25, -0.2) is 4.39 Å². The maximum atomic E-state index is 15.7. The molecule has 2 heterocycles. The lowest BCUT2D eigenvalue weighted by atomic mass is 9.67. The van der Waals surface area contributed by atoms with E-state index in [2.05, 4.69) is 28.0 Å². The van der Waals surface area contributed by atoms with Crippen molar-refractivity contribution >= 4 is 29.3 Å². The maximum absolute atomic E-state index is 15.7. The van der Waals surface area contributed by atoms with Crippen LogP contribution in [0.3, 0.4) is 0 Å². The highest BCUT2D eigenvalue weighted by Crippen LogP contribution is 2.42. The molecular formula is C35H51FN6O5. The van der Waals surface area contributed by atoms with Crippen molar-refractivity contribution < 1.29 is 28.7 Å². The Kier molecular flexibility index (Phi) is 11.5. The van der Waals surface area contributed by atoms with Crippen molar-refractivity contribution in [2.24, 2.45) is 11.3 Å². The first kappa shape index (κ1) is 36.0. The van der Waals surface area contributed by atoms with Crippen LogP contribution in [0.5, 0.6) is 0 Å². The molecule has 1 aromatic carbocycles. The summed E-state index contributed by atoms with van der Waals surface area (Å²) in [5.41, 5.74) is -0.612. The number of amides is 4. The second kappa shape index (κ2) is 15.0. The Morgan fingerprint density at radius 2 is 1.70 bits per heavy atom. The van der Waals surface area contributed by atoms with Gasteiger partial charge in [0.05, 0.1) is 11.3 Å². The molecule has 0 bridgehead atoms. The predicted octanol–water partition coefficient (Wildman–Crippen LogP) is 4.37.